The Hall–Kier alpha value is -2.48. The summed E-state index contributed by atoms with van der Waals surface area (Å²) in [6.45, 7) is 6.01. The molecule has 1 aromatic heterocycles. The quantitative estimate of drug-likeness (QED) is 0.732. The van der Waals surface area contributed by atoms with Crippen LogP contribution in [0.3, 0.4) is 0 Å². The van der Waals surface area contributed by atoms with Crippen molar-refractivity contribution in [3.63, 3.8) is 0 Å². The average Bonchev–Trinajstić information content (AvgIpc) is 3.23. The molecular formula is C26H33N3O4. The predicted octanol–water partition coefficient (Wildman–Crippen LogP) is 3.96. The number of aromatic nitrogens is 1. The number of carbonyl (C=O) groups is 1. The molecule has 2 fully saturated rings. The van der Waals surface area contributed by atoms with Crippen LogP contribution in [0.5, 0.6) is 5.75 Å². The summed E-state index contributed by atoms with van der Waals surface area (Å²) >= 11 is 0. The van der Waals surface area contributed by atoms with Gasteiger partial charge < -0.3 is 24.8 Å². The molecule has 0 radical (unpaired) electrons. The Balaban J connectivity index is 1.50. The summed E-state index contributed by atoms with van der Waals surface area (Å²) in [5, 5.41) is 6.67. The van der Waals surface area contributed by atoms with Crippen LogP contribution in [0, 0.1) is 6.92 Å². The highest BCUT2D eigenvalue weighted by atomic mass is 16.7. The monoisotopic (exact) mass is 451 g/mol. The Bertz CT molecular complexity index is 1050. The Morgan fingerprint density at radius 3 is 2.67 bits per heavy atom. The molecule has 0 unspecified atom stereocenters. The van der Waals surface area contributed by atoms with Gasteiger partial charge in [0.05, 0.1) is 31.2 Å². The minimum absolute atomic E-state index is 0.136. The van der Waals surface area contributed by atoms with Crippen LogP contribution in [0.4, 0.5) is 5.69 Å². The van der Waals surface area contributed by atoms with E-state index in [2.05, 4.69) is 28.6 Å². The summed E-state index contributed by atoms with van der Waals surface area (Å²) in [5.74, 6) is 0.129. The van der Waals surface area contributed by atoms with Crippen LogP contribution in [0.1, 0.15) is 60.6 Å². The second-order valence-corrected chi connectivity index (χ2v) is 9.45. The molecule has 2 aromatic rings. The second kappa shape index (κ2) is 8.38. The third-order valence-electron chi connectivity index (χ3n) is 8.12. The van der Waals surface area contributed by atoms with E-state index in [0.717, 1.165) is 43.5 Å². The molecule has 1 aliphatic carbocycles. The maximum atomic E-state index is 13.0. The number of fused-ring (bicyclic) bond motifs is 3. The van der Waals surface area contributed by atoms with E-state index in [0.29, 0.717) is 31.1 Å². The maximum Gasteiger partial charge on any atom is 0.255 e. The summed E-state index contributed by atoms with van der Waals surface area (Å²) < 4.78 is 18.6. The number of ether oxygens (including phenoxy) is 3. The number of rotatable bonds is 4. The Morgan fingerprint density at radius 2 is 1.94 bits per heavy atom. The number of hydrogen-bond acceptors (Lipinski definition) is 6. The molecule has 0 bridgehead atoms. The Labute approximate surface area is 195 Å². The number of likely N-dealkylation sites (N-methyl/N-ethyl adjacent to an activating group) is 1. The molecular weight excluding hydrogens is 418 g/mol. The second-order valence-electron chi connectivity index (χ2n) is 9.45. The molecule has 3 heterocycles. The third-order valence-corrected chi connectivity index (χ3v) is 8.12. The van der Waals surface area contributed by atoms with Gasteiger partial charge in [0.1, 0.15) is 5.75 Å². The number of pyridine rings is 1. The highest BCUT2D eigenvalue weighted by molar-refractivity contribution is 6.04. The third kappa shape index (κ3) is 3.54. The molecule has 7 heteroatoms. The molecule has 1 saturated heterocycles. The number of anilines is 1. The van der Waals surface area contributed by atoms with Gasteiger partial charge in [0.2, 0.25) is 0 Å². The van der Waals surface area contributed by atoms with Gasteiger partial charge in [-0.1, -0.05) is 13.0 Å². The topological polar surface area (TPSA) is 81.7 Å². The number of hydrogen-bond donors (Lipinski definition) is 2. The Kier molecular flexibility index (Phi) is 5.67. The van der Waals surface area contributed by atoms with E-state index >= 15 is 0 Å². The Morgan fingerprint density at radius 1 is 1.12 bits per heavy atom. The fraction of sp³-hybridized carbons (Fsp3) is 0.538. The van der Waals surface area contributed by atoms with E-state index in [9.17, 15) is 4.79 Å². The molecule has 1 saturated carbocycles. The number of aryl methyl sites for hydroxylation is 1. The maximum absolute atomic E-state index is 13.0. The predicted molar refractivity (Wildman–Crippen MR) is 126 cm³/mol. The SMILES string of the molecule is CC[C@@]12CCC3(C[C@]1(NC)CCOc1cc(C(=O)Nc4cccnc4C)ccc12)OCCO3. The van der Waals surface area contributed by atoms with Crippen molar-refractivity contribution in [3.05, 3.63) is 53.3 Å². The average molecular weight is 452 g/mol. The van der Waals surface area contributed by atoms with Crippen molar-refractivity contribution in [2.45, 2.75) is 62.7 Å². The van der Waals surface area contributed by atoms with E-state index in [-0.39, 0.29) is 16.9 Å². The van der Waals surface area contributed by atoms with Crippen LogP contribution in [0.2, 0.25) is 0 Å². The summed E-state index contributed by atoms with van der Waals surface area (Å²) in [6.07, 6.45) is 6.09. The van der Waals surface area contributed by atoms with Gasteiger partial charge in [-0.05, 0) is 51.1 Å². The minimum Gasteiger partial charge on any atom is -0.493 e. The molecule has 1 amide bonds. The molecule has 1 spiro atoms. The summed E-state index contributed by atoms with van der Waals surface area (Å²) in [7, 11) is 2.04. The van der Waals surface area contributed by atoms with Crippen LogP contribution < -0.4 is 15.4 Å². The van der Waals surface area contributed by atoms with Gasteiger partial charge in [-0.2, -0.15) is 0 Å². The first kappa shape index (κ1) is 22.3. The zero-order valence-corrected chi connectivity index (χ0v) is 19.7. The van der Waals surface area contributed by atoms with Crippen LogP contribution in [0.15, 0.2) is 36.5 Å². The molecule has 2 atom stereocenters. The lowest BCUT2D eigenvalue weighted by Gasteiger charge is -2.57. The van der Waals surface area contributed by atoms with Gasteiger partial charge in [0.25, 0.3) is 5.91 Å². The molecule has 2 N–H and O–H groups in total. The lowest BCUT2D eigenvalue weighted by molar-refractivity contribution is -0.207. The van der Waals surface area contributed by atoms with Crippen LogP contribution in [-0.4, -0.2) is 49.1 Å². The lowest BCUT2D eigenvalue weighted by Crippen LogP contribution is -2.66. The first-order valence-corrected chi connectivity index (χ1v) is 11.9. The fourth-order valence-corrected chi connectivity index (χ4v) is 6.31. The van der Waals surface area contributed by atoms with E-state index in [1.165, 1.54) is 5.56 Å². The van der Waals surface area contributed by atoms with Crippen LogP contribution >= 0.6 is 0 Å². The summed E-state index contributed by atoms with van der Waals surface area (Å²) in [6, 6.07) is 9.58. The molecule has 3 aliphatic rings. The summed E-state index contributed by atoms with van der Waals surface area (Å²) in [4.78, 5) is 17.3. The number of amides is 1. The smallest absolute Gasteiger partial charge is 0.255 e. The van der Waals surface area contributed by atoms with E-state index in [1.54, 1.807) is 6.20 Å². The molecule has 33 heavy (non-hydrogen) atoms. The van der Waals surface area contributed by atoms with Gasteiger partial charge in [0, 0.05) is 47.5 Å². The van der Waals surface area contributed by atoms with Crippen molar-refractivity contribution in [1.29, 1.82) is 0 Å². The van der Waals surface area contributed by atoms with Crippen molar-refractivity contribution in [3.8, 4) is 5.75 Å². The zero-order valence-electron chi connectivity index (χ0n) is 19.7. The first-order chi connectivity index (χ1) is 16.0. The van der Waals surface area contributed by atoms with Gasteiger partial charge in [-0.25, -0.2) is 0 Å². The molecule has 2 aliphatic heterocycles. The van der Waals surface area contributed by atoms with Gasteiger partial charge >= 0.3 is 0 Å². The van der Waals surface area contributed by atoms with Crippen molar-refractivity contribution in [2.24, 2.45) is 0 Å². The van der Waals surface area contributed by atoms with Crippen molar-refractivity contribution >= 4 is 11.6 Å². The lowest BCUT2D eigenvalue weighted by atomic mass is 9.54. The van der Waals surface area contributed by atoms with Crippen molar-refractivity contribution in [1.82, 2.24) is 10.3 Å². The highest BCUT2D eigenvalue weighted by Crippen LogP contribution is 2.57. The van der Waals surface area contributed by atoms with Crippen LogP contribution in [-0.2, 0) is 14.9 Å². The van der Waals surface area contributed by atoms with E-state index in [1.807, 2.05) is 38.2 Å². The fourth-order valence-electron chi connectivity index (χ4n) is 6.31. The highest BCUT2D eigenvalue weighted by Gasteiger charge is 2.61. The zero-order chi connectivity index (χ0) is 23.1. The van der Waals surface area contributed by atoms with Crippen molar-refractivity contribution in [2.75, 3.05) is 32.2 Å². The van der Waals surface area contributed by atoms with Crippen molar-refractivity contribution < 1.29 is 19.0 Å². The van der Waals surface area contributed by atoms with E-state index < -0.39 is 5.79 Å². The molecule has 1 aromatic carbocycles. The van der Waals surface area contributed by atoms with Gasteiger partial charge in [-0.15, -0.1) is 0 Å². The van der Waals surface area contributed by atoms with E-state index in [4.69, 9.17) is 14.2 Å². The minimum atomic E-state index is -0.506. The molecule has 5 rings (SSSR count). The van der Waals surface area contributed by atoms with Gasteiger partial charge in [-0.3, -0.25) is 9.78 Å². The largest absolute Gasteiger partial charge is 0.493 e. The van der Waals surface area contributed by atoms with Gasteiger partial charge in [0.15, 0.2) is 5.79 Å². The molecule has 176 valence electrons. The normalized spacial score (nSPS) is 27.8. The van der Waals surface area contributed by atoms with Crippen LogP contribution in [0.25, 0.3) is 0 Å². The molecule has 7 nitrogen and oxygen atoms in total. The standard InChI is InChI=1S/C26H33N3O4/c1-4-24-9-10-26(32-14-15-33-26)17-25(24,27-3)11-13-31-22-16-19(7-8-20(22)24)23(30)29-21-6-5-12-28-18(21)2/h5-8,12,16,27H,4,9-11,13-15,17H2,1-3H3,(H,29,30)/t24-,25+/m0/s1. The number of benzene rings is 1. The number of nitrogens with zero attached hydrogens (tertiary/aromatic N) is 1. The number of nitrogens with one attached hydrogen (secondary N) is 2. The number of carbonyl (C=O) groups excluding carboxylic acids is 1. The first-order valence-electron chi connectivity index (χ1n) is 11.9. The summed E-state index contributed by atoms with van der Waals surface area (Å²) in [5.41, 5.74) is 2.89.